The van der Waals surface area contributed by atoms with E-state index in [0.29, 0.717) is 6.42 Å². The molecule has 28 heavy (non-hydrogen) atoms. The zero-order valence-electron chi connectivity index (χ0n) is 17.1. The Balaban J connectivity index is 0.000000525. The van der Waals surface area contributed by atoms with E-state index in [-0.39, 0.29) is 11.7 Å². The summed E-state index contributed by atoms with van der Waals surface area (Å²) in [5.74, 6) is -3.48. The van der Waals surface area contributed by atoms with Gasteiger partial charge in [0.2, 0.25) is 11.5 Å². The van der Waals surface area contributed by atoms with Gasteiger partial charge in [-0.05, 0) is 24.5 Å². The Labute approximate surface area is 166 Å². The van der Waals surface area contributed by atoms with Crippen molar-refractivity contribution in [1.82, 2.24) is 0 Å². The fourth-order valence-corrected chi connectivity index (χ4v) is 2.18. The number of carbonyl (C=O) groups is 2. The molecule has 0 saturated carbocycles. The molecule has 0 aliphatic carbocycles. The van der Waals surface area contributed by atoms with Crippen molar-refractivity contribution in [2.45, 2.75) is 52.2 Å². The van der Waals surface area contributed by atoms with E-state index in [9.17, 15) is 14.7 Å². The van der Waals surface area contributed by atoms with Gasteiger partial charge in [0.15, 0.2) is 0 Å². The standard InChI is InChI=1S/C11H22O4.C10H10O3/c1-4-6-7-9(5-2)10(13)15-11(3,14)8-12;1-13-9(10(11)12)7-8-5-3-2-4-6-8/h9,12,14H,4-8H2,1-3H3;2-7H,1H3,(H,11,12). The van der Waals surface area contributed by atoms with Crippen LogP contribution in [0.25, 0.3) is 6.08 Å². The number of hydrogen-bond donors (Lipinski definition) is 3. The number of rotatable bonds is 10. The minimum absolute atomic E-state index is 0.0637. The van der Waals surface area contributed by atoms with Crippen LogP contribution in [0.1, 0.15) is 52.0 Å². The summed E-state index contributed by atoms with van der Waals surface area (Å²) in [5.41, 5.74) is 0.807. The number of aliphatic hydroxyl groups excluding tert-OH is 1. The first-order chi connectivity index (χ1) is 13.2. The first kappa shape index (κ1) is 25.6. The van der Waals surface area contributed by atoms with Crippen LogP contribution in [0, 0.1) is 5.92 Å². The smallest absolute Gasteiger partial charge is 0.371 e. The third kappa shape index (κ3) is 10.7. The van der Waals surface area contributed by atoms with Crippen molar-refractivity contribution in [2.75, 3.05) is 13.7 Å². The van der Waals surface area contributed by atoms with Crippen molar-refractivity contribution in [2.24, 2.45) is 5.92 Å². The average Bonchev–Trinajstić information content (AvgIpc) is 2.67. The Hall–Kier alpha value is -2.38. The van der Waals surface area contributed by atoms with Gasteiger partial charge >= 0.3 is 11.9 Å². The van der Waals surface area contributed by atoms with Gasteiger partial charge in [-0.15, -0.1) is 0 Å². The van der Waals surface area contributed by atoms with Crippen LogP contribution < -0.4 is 0 Å². The predicted molar refractivity (Wildman–Crippen MR) is 106 cm³/mol. The summed E-state index contributed by atoms with van der Waals surface area (Å²) in [6.07, 6.45) is 4.94. The maximum absolute atomic E-state index is 11.6. The highest BCUT2D eigenvalue weighted by atomic mass is 16.7. The molecule has 7 nitrogen and oxygen atoms in total. The average molecular weight is 396 g/mol. The highest BCUT2D eigenvalue weighted by Gasteiger charge is 2.28. The lowest BCUT2D eigenvalue weighted by atomic mass is 9.99. The van der Waals surface area contributed by atoms with Crippen LogP contribution in [0.5, 0.6) is 0 Å². The molecular formula is C21H32O7. The lowest BCUT2D eigenvalue weighted by molar-refractivity contribution is -0.218. The molecule has 1 aromatic rings. The molecule has 1 rings (SSSR count). The number of carboxylic acids is 1. The number of carboxylic acid groups (broad SMARTS) is 1. The molecule has 0 fully saturated rings. The van der Waals surface area contributed by atoms with E-state index >= 15 is 0 Å². The van der Waals surface area contributed by atoms with Crippen LogP contribution >= 0.6 is 0 Å². The molecule has 158 valence electrons. The van der Waals surface area contributed by atoms with Gasteiger partial charge < -0.3 is 24.8 Å². The second-order valence-electron chi connectivity index (χ2n) is 6.43. The quantitative estimate of drug-likeness (QED) is 0.241. The Bertz CT molecular complexity index is 608. The normalized spacial score (nSPS) is 14.1. The number of ether oxygens (including phenoxy) is 2. The lowest BCUT2D eigenvalue weighted by Gasteiger charge is -2.23. The van der Waals surface area contributed by atoms with Crippen LogP contribution in [0.2, 0.25) is 0 Å². The zero-order valence-corrected chi connectivity index (χ0v) is 17.1. The topological polar surface area (TPSA) is 113 Å². The fraction of sp³-hybridized carbons (Fsp3) is 0.524. The van der Waals surface area contributed by atoms with Gasteiger partial charge in [-0.1, -0.05) is 57.0 Å². The van der Waals surface area contributed by atoms with Gasteiger partial charge in [-0.2, -0.15) is 0 Å². The largest absolute Gasteiger partial charge is 0.490 e. The Morgan fingerprint density at radius 3 is 2.25 bits per heavy atom. The van der Waals surface area contributed by atoms with Gasteiger partial charge in [0.1, 0.15) is 6.61 Å². The third-order valence-electron chi connectivity index (χ3n) is 3.87. The molecule has 0 heterocycles. The Kier molecular flexibility index (Phi) is 12.6. The monoisotopic (exact) mass is 396 g/mol. The molecule has 0 radical (unpaired) electrons. The molecule has 0 bridgehead atoms. The highest BCUT2D eigenvalue weighted by Crippen LogP contribution is 2.17. The first-order valence-electron chi connectivity index (χ1n) is 9.30. The lowest BCUT2D eigenvalue weighted by Crippen LogP contribution is -2.37. The van der Waals surface area contributed by atoms with Gasteiger partial charge in [0.25, 0.3) is 0 Å². The van der Waals surface area contributed by atoms with E-state index in [1.54, 1.807) is 0 Å². The molecule has 2 unspecified atom stereocenters. The van der Waals surface area contributed by atoms with Crippen molar-refractivity contribution in [3.63, 3.8) is 0 Å². The third-order valence-corrected chi connectivity index (χ3v) is 3.87. The highest BCUT2D eigenvalue weighted by molar-refractivity contribution is 5.89. The Morgan fingerprint density at radius 1 is 1.21 bits per heavy atom. The minimum Gasteiger partial charge on any atom is -0.490 e. The fourth-order valence-electron chi connectivity index (χ4n) is 2.18. The summed E-state index contributed by atoms with van der Waals surface area (Å²) in [4.78, 5) is 22.1. The van der Waals surface area contributed by atoms with E-state index in [4.69, 9.17) is 14.9 Å². The van der Waals surface area contributed by atoms with Crippen molar-refractivity contribution in [3.8, 4) is 0 Å². The number of unbranched alkanes of at least 4 members (excludes halogenated alkanes) is 1. The van der Waals surface area contributed by atoms with Crippen molar-refractivity contribution < 1.29 is 34.4 Å². The van der Waals surface area contributed by atoms with Crippen LogP contribution in [-0.2, 0) is 19.1 Å². The molecule has 0 aliphatic heterocycles. The summed E-state index contributed by atoms with van der Waals surface area (Å²) >= 11 is 0. The number of aliphatic hydroxyl groups is 2. The molecule has 0 spiro atoms. The molecule has 7 heteroatoms. The zero-order chi connectivity index (χ0) is 21.6. The van der Waals surface area contributed by atoms with Crippen LogP contribution in [-0.4, -0.2) is 46.8 Å². The van der Waals surface area contributed by atoms with E-state index in [1.165, 1.54) is 20.1 Å². The predicted octanol–water partition coefficient (Wildman–Crippen LogP) is 3.21. The molecule has 3 N–H and O–H groups in total. The van der Waals surface area contributed by atoms with E-state index < -0.39 is 24.3 Å². The molecule has 1 aromatic carbocycles. The van der Waals surface area contributed by atoms with Crippen molar-refractivity contribution >= 4 is 18.0 Å². The van der Waals surface area contributed by atoms with Gasteiger partial charge in [-0.3, -0.25) is 4.79 Å². The molecule has 0 aromatic heterocycles. The van der Waals surface area contributed by atoms with E-state index in [0.717, 1.165) is 24.8 Å². The summed E-state index contributed by atoms with van der Waals surface area (Å²) < 4.78 is 9.48. The van der Waals surface area contributed by atoms with Gasteiger partial charge in [0, 0.05) is 6.92 Å². The molecule has 0 saturated heterocycles. The summed E-state index contributed by atoms with van der Waals surface area (Å²) in [6.45, 7) is 4.66. The second-order valence-corrected chi connectivity index (χ2v) is 6.43. The number of esters is 1. The van der Waals surface area contributed by atoms with Crippen LogP contribution in [0.15, 0.2) is 36.1 Å². The molecule has 0 amide bonds. The molecule has 0 aliphatic rings. The van der Waals surface area contributed by atoms with Gasteiger partial charge in [0.05, 0.1) is 13.0 Å². The first-order valence-corrected chi connectivity index (χ1v) is 9.30. The molecular weight excluding hydrogens is 364 g/mol. The van der Waals surface area contributed by atoms with Crippen molar-refractivity contribution in [3.05, 3.63) is 41.7 Å². The number of hydrogen-bond acceptors (Lipinski definition) is 6. The number of methoxy groups -OCH3 is 1. The van der Waals surface area contributed by atoms with Gasteiger partial charge in [-0.25, -0.2) is 4.79 Å². The maximum atomic E-state index is 11.6. The summed E-state index contributed by atoms with van der Waals surface area (Å²) in [6, 6.07) is 9.15. The van der Waals surface area contributed by atoms with E-state index in [1.807, 2.05) is 37.3 Å². The SMILES string of the molecule is CCCCC(CC)C(=O)OC(C)(O)CO.COC(=Cc1ccccc1)C(=O)O. The van der Waals surface area contributed by atoms with Crippen molar-refractivity contribution in [1.29, 1.82) is 0 Å². The number of benzene rings is 1. The maximum Gasteiger partial charge on any atom is 0.371 e. The van der Waals surface area contributed by atoms with Crippen LogP contribution in [0.4, 0.5) is 0 Å². The summed E-state index contributed by atoms with van der Waals surface area (Å²) in [7, 11) is 1.34. The van der Waals surface area contributed by atoms with E-state index in [2.05, 4.69) is 11.7 Å². The number of aliphatic carboxylic acids is 1. The Morgan fingerprint density at radius 2 is 1.82 bits per heavy atom. The second kappa shape index (κ2) is 13.7. The number of carbonyl (C=O) groups excluding carboxylic acids is 1. The van der Waals surface area contributed by atoms with Crippen LogP contribution in [0.3, 0.4) is 0 Å². The summed E-state index contributed by atoms with van der Waals surface area (Å²) in [5, 5.41) is 26.8. The minimum atomic E-state index is -1.75. The molecule has 2 atom stereocenters.